The number of hydrogen-bond acceptors (Lipinski definition) is 5. The molecule has 2 aromatic rings. The molecule has 0 N–H and O–H groups in total. The molecular weight excluding hydrogens is 326 g/mol. The number of methoxy groups -OCH3 is 1. The van der Waals surface area contributed by atoms with Crippen molar-refractivity contribution in [3.05, 3.63) is 60.2 Å². The second kappa shape index (κ2) is 10.0. The van der Waals surface area contributed by atoms with E-state index < -0.39 is 0 Å². The lowest BCUT2D eigenvalue weighted by atomic mass is 9.84. The molecule has 5 nitrogen and oxygen atoms in total. The van der Waals surface area contributed by atoms with Gasteiger partial charge in [0.05, 0.1) is 18.5 Å². The summed E-state index contributed by atoms with van der Waals surface area (Å²) in [6.07, 6.45) is 5.93. The topological polar surface area (TPSA) is 55.3 Å². The molecule has 2 aromatic heterocycles. The van der Waals surface area contributed by atoms with Crippen molar-refractivity contribution in [1.29, 1.82) is 0 Å². The molecule has 0 spiro atoms. The Bertz CT molecular complexity index is 618. The molecular formula is C21H29N3O2. The normalized spacial score (nSPS) is 11.5. The third-order valence-electron chi connectivity index (χ3n) is 4.56. The molecule has 0 aliphatic carbocycles. The minimum Gasteiger partial charge on any atom is -0.469 e. The first kappa shape index (κ1) is 20.0. The van der Waals surface area contributed by atoms with Crippen molar-refractivity contribution in [2.24, 2.45) is 5.41 Å². The largest absolute Gasteiger partial charge is 0.469 e. The third-order valence-corrected chi connectivity index (χ3v) is 4.56. The lowest BCUT2D eigenvalue weighted by Crippen LogP contribution is -2.29. The molecule has 26 heavy (non-hydrogen) atoms. The molecule has 2 rings (SSSR count). The van der Waals surface area contributed by atoms with Crippen LogP contribution in [0.1, 0.15) is 44.5 Å². The lowest BCUT2D eigenvalue weighted by molar-refractivity contribution is -0.141. The van der Waals surface area contributed by atoms with Gasteiger partial charge in [-0.2, -0.15) is 0 Å². The fourth-order valence-corrected chi connectivity index (χ4v) is 2.78. The van der Waals surface area contributed by atoms with Crippen LogP contribution >= 0.6 is 0 Å². The van der Waals surface area contributed by atoms with Crippen molar-refractivity contribution in [3.63, 3.8) is 0 Å². The number of pyridine rings is 2. The highest BCUT2D eigenvalue weighted by atomic mass is 16.5. The Morgan fingerprint density at radius 1 is 1.00 bits per heavy atom. The van der Waals surface area contributed by atoms with Crippen LogP contribution in [0.25, 0.3) is 0 Å². The molecule has 2 heterocycles. The zero-order valence-electron chi connectivity index (χ0n) is 16.0. The van der Waals surface area contributed by atoms with Gasteiger partial charge >= 0.3 is 5.97 Å². The van der Waals surface area contributed by atoms with Crippen LogP contribution < -0.4 is 0 Å². The molecule has 0 saturated carbocycles. The Balaban J connectivity index is 1.97. The SMILES string of the molecule is COC(=O)CCC(C)(C)CCN(Cc1ccccn1)Cc1ccccn1. The van der Waals surface area contributed by atoms with Crippen molar-refractivity contribution >= 4 is 5.97 Å². The highest BCUT2D eigenvalue weighted by Crippen LogP contribution is 2.27. The summed E-state index contributed by atoms with van der Waals surface area (Å²) in [5.41, 5.74) is 2.17. The Morgan fingerprint density at radius 3 is 2.04 bits per heavy atom. The van der Waals surface area contributed by atoms with Crippen molar-refractivity contribution in [2.75, 3.05) is 13.7 Å². The van der Waals surface area contributed by atoms with E-state index >= 15 is 0 Å². The molecule has 0 amide bonds. The first-order chi connectivity index (χ1) is 12.5. The maximum absolute atomic E-state index is 11.4. The Kier molecular flexibility index (Phi) is 7.73. The number of ether oxygens (including phenoxy) is 1. The van der Waals surface area contributed by atoms with Crippen LogP contribution in [0.2, 0.25) is 0 Å². The second-order valence-electron chi connectivity index (χ2n) is 7.34. The van der Waals surface area contributed by atoms with Crippen LogP contribution in [0.5, 0.6) is 0 Å². The summed E-state index contributed by atoms with van der Waals surface area (Å²) in [4.78, 5) is 22.7. The van der Waals surface area contributed by atoms with E-state index in [0.29, 0.717) is 6.42 Å². The van der Waals surface area contributed by atoms with Crippen LogP contribution in [-0.4, -0.2) is 34.5 Å². The van der Waals surface area contributed by atoms with Gasteiger partial charge in [0, 0.05) is 31.9 Å². The molecule has 0 atom stereocenters. The maximum atomic E-state index is 11.4. The highest BCUT2D eigenvalue weighted by Gasteiger charge is 2.21. The van der Waals surface area contributed by atoms with E-state index in [1.54, 1.807) is 0 Å². The van der Waals surface area contributed by atoms with E-state index in [9.17, 15) is 4.79 Å². The van der Waals surface area contributed by atoms with E-state index in [1.807, 2.05) is 48.8 Å². The van der Waals surface area contributed by atoms with Crippen LogP contribution in [-0.2, 0) is 22.6 Å². The summed E-state index contributed by atoms with van der Waals surface area (Å²) < 4.78 is 4.76. The van der Waals surface area contributed by atoms with Gasteiger partial charge in [-0.3, -0.25) is 19.7 Å². The molecule has 0 radical (unpaired) electrons. The quantitative estimate of drug-likeness (QED) is 0.606. The number of rotatable bonds is 10. The van der Waals surface area contributed by atoms with Crippen LogP contribution in [0.4, 0.5) is 0 Å². The van der Waals surface area contributed by atoms with Gasteiger partial charge in [0.2, 0.25) is 0 Å². The number of hydrogen-bond donors (Lipinski definition) is 0. The first-order valence-electron chi connectivity index (χ1n) is 9.07. The Morgan fingerprint density at radius 2 is 1.58 bits per heavy atom. The summed E-state index contributed by atoms with van der Waals surface area (Å²) in [6, 6.07) is 12.0. The lowest BCUT2D eigenvalue weighted by Gasteiger charge is -2.29. The number of esters is 1. The molecule has 140 valence electrons. The molecule has 0 saturated heterocycles. The van der Waals surface area contributed by atoms with E-state index in [-0.39, 0.29) is 11.4 Å². The van der Waals surface area contributed by atoms with Crippen molar-refractivity contribution in [2.45, 2.75) is 46.2 Å². The summed E-state index contributed by atoms with van der Waals surface area (Å²) in [5.74, 6) is -0.142. The van der Waals surface area contributed by atoms with Gasteiger partial charge in [-0.05, 0) is 49.1 Å². The van der Waals surface area contributed by atoms with Gasteiger partial charge in [-0.1, -0.05) is 26.0 Å². The van der Waals surface area contributed by atoms with Crippen LogP contribution in [0.3, 0.4) is 0 Å². The minimum atomic E-state index is -0.142. The van der Waals surface area contributed by atoms with Gasteiger partial charge in [0.15, 0.2) is 0 Å². The standard InChI is InChI=1S/C21H29N3O2/c1-21(2,11-10-20(25)26-3)12-15-24(16-18-8-4-6-13-22-18)17-19-9-5-7-14-23-19/h4-9,13-14H,10-12,15-17H2,1-3H3. The van der Waals surface area contributed by atoms with Gasteiger partial charge in [-0.15, -0.1) is 0 Å². The van der Waals surface area contributed by atoms with Gasteiger partial charge < -0.3 is 4.74 Å². The average Bonchev–Trinajstić information content (AvgIpc) is 2.66. The number of aromatic nitrogens is 2. The molecule has 0 fully saturated rings. The smallest absolute Gasteiger partial charge is 0.305 e. The zero-order valence-corrected chi connectivity index (χ0v) is 16.0. The van der Waals surface area contributed by atoms with Gasteiger partial charge in [0.25, 0.3) is 0 Å². The van der Waals surface area contributed by atoms with Crippen molar-refractivity contribution in [1.82, 2.24) is 14.9 Å². The summed E-state index contributed by atoms with van der Waals surface area (Å²) in [5, 5.41) is 0. The fourth-order valence-electron chi connectivity index (χ4n) is 2.78. The van der Waals surface area contributed by atoms with E-state index in [0.717, 1.165) is 43.9 Å². The van der Waals surface area contributed by atoms with Crippen molar-refractivity contribution in [3.8, 4) is 0 Å². The zero-order chi connectivity index (χ0) is 18.8. The minimum absolute atomic E-state index is 0.0701. The predicted molar refractivity (Wildman–Crippen MR) is 102 cm³/mol. The monoisotopic (exact) mass is 355 g/mol. The molecule has 0 aliphatic rings. The predicted octanol–water partition coefficient (Wildman–Crippen LogP) is 3.85. The van der Waals surface area contributed by atoms with E-state index in [4.69, 9.17) is 4.74 Å². The number of carbonyl (C=O) groups excluding carboxylic acids is 1. The summed E-state index contributed by atoms with van der Waals surface area (Å²) in [7, 11) is 1.44. The number of nitrogens with zero attached hydrogens (tertiary/aromatic N) is 3. The Labute approximate surface area is 156 Å². The molecule has 0 aromatic carbocycles. The van der Waals surface area contributed by atoms with Gasteiger partial charge in [0.1, 0.15) is 0 Å². The van der Waals surface area contributed by atoms with Crippen LogP contribution in [0, 0.1) is 5.41 Å². The average molecular weight is 355 g/mol. The maximum Gasteiger partial charge on any atom is 0.305 e. The fraction of sp³-hybridized carbons (Fsp3) is 0.476. The summed E-state index contributed by atoms with van der Waals surface area (Å²) in [6.45, 7) is 6.89. The highest BCUT2D eigenvalue weighted by molar-refractivity contribution is 5.69. The Hall–Kier alpha value is -2.27. The van der Waals surface area contributed by atoms with Gasteiger partial charge in [-0.25, -0.2) is 0 Å². The second-order valence-corrected chi connectivity index (χ2v) is 7.34. The summed E-state index contributed by atoms with van der Waals surface area (Å²) >= 11 is 0. The number of carbonyl (C=O) groups is 1. The first-order valence-corrected chi connectivity index (χ1v) is 9.07. The molecule has 5 heteroatoms. The van der Waals surface area contributed by atoms with E-state index in [1.165, 1.54) is 7.11 Å². The third kappa shape index (κ3) is 7.31. The van der Waals surface area contributed by atoms with Crippen molar-refractivity contribution < 1.29 is 9.53 Å². The molecule has 0 bridgehead atoms. The molecule has 0 unspecified atom stereocenters. The van der Waals surface area contributed by atoms with E-state index in [2.05, 4.69) is 28.7 Å². The van der Waals surface area contributed by atoms with Crippen LogP contribution in [0.15, 0.2) is 48.8 Å². The molecule has 0 aliphatic heterocycles.